The van der Waals surface area contributed by atoms with Crippen LogP contribution in [0.25, 0.3) is 56.7 Å². The summed E-state index contributed by atoms with van der Waals surface area (Å²) < 4.78 is 11.7. The van der Waals surface area contributed by atoms with Crippen LogP contribution in [0.4, 0.5) is 0 Å². The molecule has 242 valence electrons. The number of para-hydroxylation sites is 2. The zero-order valence-electron chi connectivity index (χ0n) is 27.4. The van der Waals surface area contributed by atoms with Gasteiger partial charge in [0.15, 0.2) is 11.4 Å². The average Bonchev–Trinajstić information content (AvgIpc) is 3.85. The van der Waals surface area contributed by atoms with Gasteiger partial charge in [0, 0.05) is 21.7 Å². The Bertz CT molecular complexity index is 2220. The number of rotatable bonds is 9. The van der Waals surface area contributed by atoms with E-state index in [0.717, 1.165) is 45.0 Å². The van der Waals surface area contributed by atoms with Gasteiger partial charge in [-0.15, -0.1) is 0 Å². The largest absolute Gasteiger partial charge is 0.497 e. The van der Waals surface area contributed by atoms with Crippen LogP contribution >= 0.6 is 0 Å². The summed E-state index contributed by atoms with van der Waals surface area (Å²) in [4.78, 5) is 7.16. The summed E-state index contributed by atoms with van der Waals surface area (Å²) in [6, 6.07) is 51.7. The molecule has 10 heteroatoms. The molecular formula is C40H32N8O2+2. The van der Waals surface area contributed by atoms with E-state index in [1.165, 1.54) is 0 Å². The van der Waals surface area contributed by atoms with Gasteiger partial charge in [0.25, 0.3) is 0 Å². The lowest BCUT2D eigenvalue weighted by atomic mass is 10.0. The molecule has 50 heavy (non-hydrogen) atoms. The number of benzene rings is 6. The van der Waals surface area contributed by atoms with Gasteiger partial charge in [-0.05, 0) is 104 Å². The minimum atomic E-state index is 0.591. The normalized spacial score (nSPS) is 11.0. The second-order valence-corrected chi connectivity index (χ2v) is 11.4. The monoisotopic (exact) mass is 656 g/mol. The first kappa shape index (κ1) is 30.4. The molecule has 0 bridgehead atoms. The third-order valence-corrected chi connectivity index (χ3v) is 8.20. The predicted octanol–water partition coefficient (Wildman–Crippen LogP) is 6.42. The van der Waals surface area contributed by atoms with E-state index < -0.39 is 0 Å². The molecular weight excluding hydrogens is 624 g/mol. The lowest BCUT2D eigenvalue weighted by molar-refractivity contribution is -0.734. The maximum absolute atomic E-state index is 5.84. The number of nitrogens with zero attached hydrogens (tertiary/aromatic N) is 8. The molecule has 0 saturated carbocycles. The Hall–Kier alpha value is -6.94. The summed E-state index contributed by atoms with van der Waals surface area (Å²) in [5.41, 5.74) is 6.82. The van der Waals surface area contributed by atoms with E-state index in [2.05, 4.69) is 12.1 Å². The van der Waals surface area contributed by atoms with E-state index in [-0.39, 0.29) is 0 Å². The fraction of sp³-hybridized carbons (Fsp3) is 0.0500. The van der Waals surface area contributed by atoms with Crippen molar-refractivity contribution in [2.45, 2.75) is 0 Å². The highest BCUT2D eigenvalue weighted by atomic mass is 16.5. The van der Waals surface area contributed by atoms with Crippen molar-refractivity contribution in [1.29, 1.82) is 0 Å². The molecule has 0 fully saturated rings. The molecule has 0 atom stereocenters. The van der Waals surface area contributed by atoms with Crippen LogP contribution in [-0.2, 0) is 0 Å². The van der Waals surface area contributed by atoms with Gasteiger partial charge in [-0.1, -0.05) is 72.8 Å². The first-order chi connectivity index (χ1) is 24.7. The number of methoxy groups -OCH3 is 2. The van der Waals surface area contributed by atoms with Gasteiger partial charge in [0.1, 0.15) is 22.9 Å². The minimum absolute atomic E-state index is 0.591. The van der Waals surface area contributed by atoms with Gasteiger partial charge in [-0.25, -0.2) is 0 Å². The van der Waals surface area contributed by atoms with E-state index in [1.54, 1.807) is 33.4 Å². The van der Waals surface area contributed by atoms with Crippen molar-refractivity contribution in [3.8, 4) is 68.2 Å². The van der Waals surface area contributed by atoms with Crippen molar-refractivity contribution in [2.75, 3.05) is 14.2 Å². The Balaban J connectivity index is 1.29. The summed E-state index contributed by atoms with van der Waals surface area (Å²) in [7, 11) is 3.32. The van der Waals surface area contributed by atoms with Crippen molar-refractivity contribution < 1.29 is 19.1 Å². The first-order valence-corrected chi connectivity index (χ1v) is 16.1. The second-order valence-electron chi connectivity index (χ2n) is 11.4. The van der Waals surface area contributed by atoms with E-state index in [0.29, 0.717) is 23.1 Å². The van der Waals surface area contributed by atoms with Crippen molar-refractivity contribution in [3.05, 3.63) is 158 Å². The Morgan fingerprint density at radius 2 is 0.780 bits per heavy atom. The molecule has 6 aromatic carbocycles. The number of hydrogen-bond donors (Lipinski definition) is 0. The highest BCUT2D eigenvalue weighted by Crippen LogP contribution is 2.31. The SMILES string of the molecule is COc1cc(-c2cc(OC)cc(-[n+]3nc(-c4ccccc4)nn3-c3ccccc3)c2)cc(-[n+]2nc(-c3ccccc3)nn2-c2ccccc2)c1. The molecule has 2 aromatic heterocycles. The van der Waals surface area contributed by atoms with Gasteiger partial charge < -0.3 is 9.47 Å². The third kappa shape index (κ3) is 5.97. The highest BCUT2D eigenvalue weighted by Gasteiger charge is 2.27. The molecule has 0 aliphatic heterocycles. The van der Waals surface area contributed by atoms with Gasteiger partial charge in [-0.2, -0.15) is 0 Å². The second kappa shape index (κ2) is 13.3. The predicted molar refractivity (Wildman–Crippen MR) is 189 cm³/mol. The van der Waals surface area contributed by atoms with Crippen LogP contribution in [0.15, 0.2) is 158 Å². The lowest BCUT2D eigenvalue weighted by Crippen LogP contribution is -2.43. The Morgan fingerprint density at radius 3 is 1.14 bits per heavy atom. The average molecular weight is 657 g/mol. The molecule has 0 saturated heterocycles. The topological polar surface area (TPSA) is 87.6 Å². The highest BCUT2D eigenvalue weighted by molar-refractivity contribution is 5.70. The van der Waals surface area contributed by atoms with Crippen LogP contribution in [0.1, 0.15) is 0 Å². The Kier molecular flexibility index (Phi) is 8.08. The van der Waals surface area contributed by atoms with Gasteiger partial charge >= 0.3 is 11.6 Å². The molecule has 0 radical (unpaired) electrons. The Morgan fingerprint density at radius 1 is 0.420 bits per heavy atom. The molecule has 0 aliphatic rings. The number of ether oxygens (including phenoxy) is 2. The zero-order chi connectivity index (χ0) is 33.9. The molecule has 0 amide bonds. The molecule has 10 nitrogen and oxygen atoms in total. The van der Waals surface area contributed by atoms with Crippen molar-refractivity contribution in [2.24, 2.45) is 0 Å². The van der Waals surface area contributed by atoms with E-state index in [4.69, 9.17) is 29.9 Å². The van der Waals surface area contributed by atoms with Crippen LogP contribution in [-0.4, -0.2) is 44.2 Å². The minimum Gasteiger partial charge on any atom is -0.497 e. The molecule has 8 rings (SSSR count). The van der Waals surface area contributed by atoms with Crippen molar-refractivity contribution in [3.63, 3.8) is 0 Å². The summed E-state index contributed by atoms with van der Waals surface area (Å²) in [6.45, 7) is 0. The van der Waals surface area contributed by atoms with E-state index >= 15 is 0 Å². The van der Waals surface area contributed by atoms with Crippen LogP contribution in [0.2, 0.25) is 0 Å². The Labute approximate surface area is 288 Å². The standard InChI is InChI=1S/C40H32N8O2/c1-49-37-25-31(23-35(27-37)47-43-39(29-15-7-3-8-16-29)41-45(47)33-19-11-5-12-20-33)32-24-36(28-38(26-32)50-2)48-44-40(30-17-9-4-10-18-30)42-46(48)34-21-13-6-14-22-34/h3-28H,1-2H3/q+2. The maximum Gasteiger partial charge on any atom is 0.340 e. The van der Waals surface area contributed by atoms with E-state index in [1.807, 2.05) is 146 Å². The summed E-state index contributed by atoms with van der Waals surface area (Å²) in [5.74, 6) is 2.50. The zero-order valence-corrected chi connectivity index (χ0v) is 27.4. The van der Waals surface area contributed by atoms with E-state index in [9.17, 15) is 0 Å². The van der Waals surface area contributed by atoms with Gasteiger partial charge in [0.05, 0.1) is 35.5 Å². The maximum atomic E-state index is 5.84. The number of hydrogen-bond acceptors (Lipinski definition) is 6. The smallest absolute Gasteiger partial charge is 0.340 e. The summed E-state index contributed by atoms with van der Waals surface area (Å²) in [6.07, 6.45) is 0. The quantitative estimate of drug-likeness (QED) is 0.167. The van der Waals surface area contributed by atoms with Crippen LogP contribution in [0.5, 0.6) is 11.5 Å². The third-order valence-electron chi connectivity index (χ3n) is 8.20. The molecule has 2 heterocycles. The van der Waals surface area contributed by atoms with Crippen LogP contribution < -0.4 is 19.1 Å². The summed E-state index contributed by atoms with van der Waals surface area (Å²) >= 11 is 0. The lowest BCUT2D eigenvalue weighted by Gasteiger charge is -2.10. The van der Waals surface area contributed by atoms with Crippen molar-refractivity contribution >= 4 is 0 Å². The molecule has 0 spiro atoms. The molecule has 0 N–H and O–H groups in total. The van der Waals surface area contributed by atoms with Crippen LogP contribution in [0.3, 0.4) is 0 Å². The van der Waals surface area contributed by atoms with Gasteiger partial charge in [-0.3, -0.25) is 0 Å². The fourth-order valence-corrected chi connectivity index (χ4v) is 5.73. The molecule has 0 unspecified atom stereocenters. The van der Waals surface area contributed by atoms with Gasteiger partial charge in [0.2, 0.25) is 0 Å². The van der Waals surface area contributed by atoms with Crippen LogP contribution in [0, 0.1) is 0 Å². The molecule has 0 aliphatic carbocycles. The first-order valence-electron chi connectivity index (χ1n) is 16.1. The number of tetrazole rings is 2. The fourth-order valence-electron chi connectivity index (χ4n) is 5.73. The number of aromatic nitrogens is 8. The van der Waals surface area contributed by atoms with Crippen molar-refractivity contribution in [1.82, 2.24) is 30.0 Å². The molecule has 8 aromatic rings. The summed E-state index contributed by atoms with van der Waals surface area (Å²) in [5, 5.41) is 19.8.